The Bertz CT molecular complexity index is 625. The van der Waals surface area contributed by atoms with E-state index in [9.17, 15) is 4.79 Å². The van der Waals surface area contributed by atoms with Crippen LogP contribution in [0.3, 0.4) is 0 Å². The maximum atomic E-state index is 11.2. The zero-order valence-corrected chi connectivity index (χ0v) is 10.7. The summed E-state index contributed by atoms with van der Waals surface area (Å²) in [5, 5.41) is 0. The van der Waals surface area contributed by atoms with Crippen molar-refractivity contribution in [2.75, 3.05) is 23.7 Å². The Morgan fingerprint density at radius 2 is 2.10 bits per heavy atom. The third kappa shape index (κ3) is 2.25. The number of carbonyl (C=O) groups excluding carboxylic acids is 1. The quantitative estimate of drug-likeness (QED) is 0.730. The molecule has 104 valence electrons. The zero-order chi connectivity index (χ0) is 14.1. The summed E-state index contributed by atoms with van der Waals surface area (Å²) >= 11 is 0. The van der Waals surface area contributed by atoms with Gasteiger partial charge in [-0.25, -0.2) is 4.98 Å². The first-order valence-electron chi connectivity index (χ1n) is 6.17. The molecular weight excluding hydrogens is 260 g/mol. The highest BCUT2D eigenvalue weighted by Crippen LogP contribution is 2.21. The number of rotatable bonds is 3. The molecule has 9 heteroatoms. The van der Waals surface area contributed by atoms with E-state index in [4.69, 9.17) is 11.5 Å². The second-order valence-corrected chi connectivity index (χ2v) is 4.60. The number of amides is 1. The number of aromatic nitrogens is 5. The van der Waals surface area contributed by atoms with Crippen LogP contribution in [-0.4, -0.2) is 43.5 Å². The van der Waals surface area contributed by atoms with Crippen LogP contribution in [0.25, 0.3) is 5.95 Å². The average molecular weight is 274 g/mol. The predicted molar refractivity (Wildman–Crippen MR) is 70.9 cm³/mol. The molecule has 2 aromatic rings. The second kappa shape index (κ2) is 4.76. The van der Waals surface area contributed by atoms with Crippen LogP contribution in [-0.2, 0) is 4.79 Å². The van der Waals surface area contributed by atoms with Gasteiger partial charge >= 0.3 is 0 Å². The molecule has 1 amide bonds. The van der Waals surface area contributed by atoms with Gasteiger partial charge in [-0.05, 0) is 6.42 Å². The fourth-order valence-corrected chi connectivity index (χ4v) is 2.18. The van der Waals surface area contributed by atoms with Crippen molar-refractivity contribution < 1.29 is 4.79 Å². The van der Waals surface area contributed by atoms with E-state index >= 15 is 0 Å². The van der Waals surface area contributed by atoms with E-state index in [0.717, 1.165) is 0 Å². The van der Waals surface area contributed by atoms with Crippen LogP contribution in [0, 0.1) is 5.92 Å². The van der Waals surface area contributed by atoms with Crippen molar-refractivity contribution >= 4 is 17.8 Å². The molecule has 0 spiro atoms. The minimum atomic E-state index is -0.302. The Balaban J connectivity index is 1.89. The SMILES string of the molecule is NC(=O)C1CCN(c2nc(N)nc(-n3ccnc3)n2)C1. The highest BCUT2D eigenvalue weighted by Gasteiger charge is 2.28. The monoisotopic (exact) mass is 274 g/mol. The number of nitrogen functional groups attached to an aromatic ring is 1. The van der Waals surface area contributed by atoms with Crippen LogP contribution in [0.2, 0.25) is 0 Å². The number of anilines is 2. The van der Waals surface area contributed by atoms with Crippen molar-refractivity contribution in [1.29, 1.82) is 0 Å². The summed E-state index contributed by atoms with van der Waals surface area (Å²) in [6.45, 7) is 1.17. The van der Waals surface area contributed by atoms with Gasteiger partial charge in [-0.1, -0.05) is 0 Å². The first-order chi connectivity index (χ1) is 9.63. The molecule has 3 rings (SSSR count). The van der Waals surface area contributed by atoms with Gasteiger partial charge in [0.2, 0.25) is 23.8 Å². The second-order valence-electron chi connectivity index (χ2n) is 4.60. The van der Waals surface area contributed by atoms with E-state index in [1.54, 1.807) is 23.3 Å². The van der Waals surface area contributed by atoms with Crippen LogP contribution < -0.4 is 16.4 Å². The molecule has 2 aromatic heterocycles. The normalized spacial score (nSPS) is 18.4. The molecule has 4 N–H and O–H groups in total. The smallest absolute Gasteiger partial charge is 0.241 e. The summed E-state index contributed by atoms with van der Waals surface area (Å²) in [5.41, 5.74) is 11.0. The zero-order valence-electron chi connectivity index (χ0n) is 10.7. The Kier molecular flexibility index (Phi) is 2.93. The van der Waals surface area contributed by atoms with Crippen molar-refractivity contribution in [3.05, 3.63) is 18.7 Å². The van der Waals surface area contributed by atoms with Gasteiger partial charge in [0.05, 0.1) is 5.92 Å². The minimum absolute atomic E-state index is 0.126. The molecule has 1 saturated heterocycles. The molecule has 3 heterocycles. The number of nitrogens with two attached hydrogens (primary N) is 2. The van der Waals surface area contributed by atoms with Crippen LogP contribution in [0.5, 0.6) is 0 Å². The predicted octanol–water partition coefficient (Wildman–Crippen LogP) is -1.05. The standard InChI is InChI=1S/C11H14N8O/c12-8(20)7-1-3-18(5-7)10-15-9(13)16-11(17-10)19-4-2-14-6-19/h2,4,6-7H,1,3,5H2,(H2,12,20)(H2,13,15,16,17). The molecule has 9 nitrogen and oxygen atoms in total. The Labute approximate surface area is 114 Å². The maximum absolute atomic E-state index is 11.2. The number of imidazole rings is 1. The highest BCUT2D eigenvalue weighted by atomic mass is 16.1. The van der Waals surface area contributed by atoms with Gasteiger partial charge in [0.1, 0.15) is 6.33 Å². The summed E-state index contributed by atoms with van der Waals surface area (Å²) < 4.78 is 1.64. The van der Waals surface area contributed by atoms with E-state index in [1.807, 2.05) is 4.90 Å². The molecule has 0 aromatic carbocycles. The molecule has 1 aliphatic rings. The van der Waals surface area contributed by atoms with Crippen molar-refractivity contribution in [2.24, 2.45) is 11.7 Å². The Morgan fingerprint density at radius 3 is 2.75 bits per heavy atom. The molecular formula is C11H14N8O. The van der Waals surface area contributed by atoms with Gasteiger partial charge in [-0.2, -0.15) is 15.0 Å². The summed E-state index contributed by atoms with van der Waals surface area (Å²) in [4.78, 5) is 29.5. The Morgan fingerprint density at radius 1 is 1.30 bits per heavy atom. The first-order valence-corrected chi connectivity index (χ1v) is 6.17. The molecule has 0 bridgehead atoms. The van der Waals surface area contributed by atoms with E-state index in [1.165, 1.54) is 0 Å². The van der Waals surface area contributed by atoms with Gasteiger partial charge in [-0.15, -0.1) is 0 Å². The van der Waals surface area contributed by atoms with E-state index in [2.05, 4.69) is 19.9 Å². The molecule has 1 unspecified atom stereocenters. The topological polar surface area (TPSA) is 129 Å². The largest absolute Gasteiger partial charge is 0.369 e. The summed E-state index contributed by atoms with van der Waals surface area (Å²) in [6.07, 6.45) is 5.61. The lowest BCUT2D eigenvalue weighted by molar-refractivity contribution is -0.121. The lowest BCUT2D eigenvalue weighted by Gasteiger charge is -2.16. The van der Waals surface area contributed by atoms with Crippen LogP contribution >= 0.6 is 0 Å². The lowest BCUT2D eigenvalue weighted by atomic mass is 10.1. The average Bonchev–Trinajstić information content (AvgIpc) is 3.10. The van der Waals surface area contributed by atoms with Crippen molar-refractivity contribution in [2.45, 2.75) is 6.42 Å². The van der Waals surface area contributed by atoms with Crippen molar-refractivity contribution in [3.63, 3.8) is 0 Å². The third-order valence-electron chi connectivity index (χ3n) is 3.24. The van der Waals surface area contributed by atoms with Gasteiger partial charge in [-0.3, -0.25) is 9.36 Å². The van der Waals surface area contributed by atoms with E-state index in [-0.39, 0.29) is 17.8 Å². The Hall–Kier alpha value is -2.71. The summed E-state index contributed by atoms with van der Waals surface area (Å²) in [7, 11) is 0. The van der Waals surface area contributed by atoms with Gasteiger partial charge in [0, 0.05) is 25.5 Å². The summed E-state index contributed by atoms with van der Waals surface area (Å²) in [5.74, 6) is 0.493. The van der Waals surface area contributed by atoms with Crippen LogP contribution in [0.1, 0.15) is 6.42 Å². The van der Waals surface area contributed by atoms with Gasteiger partial charge < -0.3 is 16.4 Å². The van der Waals surface area contributed by atoms with Gasteiger partial charge in [0.15, 0.2) is 0 Å². The molecule has 0 radical (unpaired) electrons. The third-order valence-corrected chi connectivity index (χ3v) is 3.24. The fraction of sp³-hybridized carbons (Fsp3) is 0.364. The van der Waals surface area contributed by atoms with Crippen molar-refractivity contribution in [3.8, 4) is 5.95 Å². The first kappa shape index (κ1) is 12.3. The highest BCUT2D eigenvalue weighted by molar-refractivity contribution is 5.78. The number of hydrogen-bond donors (Lipinski definition) is 2. The van der Waals surface area contributed by atoms with Crippen LogP contribution in [0.4, 0.5) is 11.9 Å². The maximum Gasteiger partial charge on any atom is 0.241 e. The lowest BCUT2D eigenvalue weighted by Crippen LogP contribution is -2.28. The molecule has 1 fully saturated rings. The van der Waals surface area contributed by atoms with Crippen molar-refractivity contribution in [1.82, 2.24) is 24.5 Å². The van der Waals surface area contributed by atoms with E-state index < -0.39 is 0 Å². The van der Waals surface area contributed by atoms with E-state index in [0.29, 0.717) is 31.4 Å². The molecule has 0 saturated carbocycles. The minimum Gasteiger partial charge on any atom is -0.369 e. The fourth-order valence-electron chi connectivity index (χ4n) is 2.18. The summed E-state index contributed by atoms with van der Waals surface area (Å²) in [6, 6.07) is 0. The number of carbonyl (C=O) groups is 1. The number of nitrogens with zero attached hydrogens (tertiary/aromatic N) is 6. The molecule has 20 heavy (non-hydrogen) atoms. The van der Waals surface area contributed by atoms with Crippen LogP contribution in [0.15, 0.2) is 18.7 Å². The van der Waals surface area contributed by atoms with Gasteiger partial charge in [0.25, 0.3) is 0 Å². The number of hydrogen-bond acceptors (Lipinski definition) is 7. The molecule has 0 aliphatic carbocycles. The number of primary amides is 1. The molecule has 1 atom stereocenters. The molecule has 1 aliphatic heterocycles.